The second-order valence-corrected chi connectivity index (χ2v) is 13.1. The molecule has 0 radical (unpaired) electrons. The van der Waals surface area contributed by atoms with Gasteiger partial charge in [-0.2, -0.15) is 0 Å². The van der Waals surface area contributed by atoms with Crippen molar-refractivity contribution in [3.63, 3.8) is 0 Å². The first kappa shape index (κ1) is 29.7. The molecule has 0 aliphatic carbocycles. The van der Waals surface area contributed by atoms with Gasteiger partial charge in [0, 0.05) is 22.8 Å². The molecule has 5 rings (SSSR count). The maximum Gasteiger partial charge on any atom is 0.345 e. The fourth-order valence-corrected chi connectivity index (χ4v) is 7.56. The molecule has 2 aromatic heterocycles. The summed E-state index contributed by atoms with van der Waals surface area (Å²) in [5.41, 5.74) is 1.13. The number of anilines is 1. The summed E-state index contributed by atoms with van der Waals surface area (Å²) >= 11 is 13.7. The lowest BCUT2D eigenvalue weighted by Gasteiger charge is -2.28. The summed E-state index contributed by atoms with van der Waals surface area (Å²) in [6, 6.07) is 21.0. The number of fused-ring (bicyclic) bond motifs is 1. The molecule has 3 aromatic carbocycles. The summed E-state index contributed by atoms with van der Waals surface area (Å²) in [4.78, 5) is 26.8. The zero-order chi connectivity index (χ0) is 30.0. The summed E-state index contributed by atoms with van der Waals surface area (Å²) in [6.45, 7) is 1.88. The van der Waals surface area contributed by atoms with Gasteiger partial charge in [-0.1, -0.05) is 41.4 Å². The molecule has 5 aromatic rings. The summed E-state index contributed by atoms with van der Waals surface area (Å²) < 4.78 is 35.3. The Balaban J connectivity index is 1.55. The smallest absolute Gasteiger partial charge is 0.345 e. The van der Waals surface area contributed by atoms with Gasteiger partial charge in [-0.3, -0.25) is 9.10 Å². The molecule has 1 N–H and O–H groups in total. The number of nitrogens with zero attached hydrogens (tertiary/aromatic N) is 2. The van der Waals surface area contributed by atoms with Crippen LogP contribution in [-0.2, 0) is 23.1 Å². The molecule has 2 heterocycles. The molecular formula is C30H24Cl2N2O6S2. The van der Waals surface area contributed by atoms with E-state index in [1.807, 2.05) is 0 Å². The molecule has 0 saturated heterocycles. The molecule has 0 atom stereocenters. The number of thiophene rings is 1. The molecular weight excluding hydrogens is 619 g/mol. The van der Waals surface area contributed by atoms with Gasteiger partial charge in [-0.05, 0) is 78.5 Å². The van der Waals surface area contributed by atoms with Crippen molar-refractivity contribution in [1.29, 1.82) is 0 Å². The zero-order valence-electron chi connectivity index (χ0n) is 22.2. The average Bonchev–Trinajstić information content (AvgIpc) is 3.64. The summed E-state index contributed by atoms with van der Waals surface area (Å²) in [5, 5.41) is 10.6. The van der Waals surface area contributed by atoms with E-state index in [-0.39, 0.29) is 40.3 Å². The van der Waals surface area contributed by atoms with Crippen molar-refractivity contribution >= 4 is 72.2 Å². The number of hydrogen-bond acceptors (Lipinski definition) is 6. The molecule has 0 unspecified atom stereocenters. The van der Waals surface area contributed by atoms with E-state index in [1.54, 1.807) is 67.6 Å². The van der Waals surface area contributed by atoms with Gasteiger partial charge in [0.15, 0.2) is 0 Å². The van der Waals surface area contributed by atoms with E-state index in [9.17, 15) is 23.1 Å². The molecule has 0 aliphatic rings. The van der Waals surface area contributed by atoms with Gasteiger partial charge in [0.2, 0.25) is 0 Å². The van der Waals surface area contributed by atoms with E-state index in [0.29, 0.717) is 37.7 Å². The molecule has 0 aliphatic heterocycles. The topological polar surface area (TPSA) is 108 Å². The number of aromatic carboxylic acids is 1. The second kappa shape index (κ2) is 12.2. The Kier molecular flexibility index (Phi) is 8.60. The van der Waals surface area contributed by atoms with Crippen molar-refractivity contribution in [3.8, 4) is 0 Å². The Hall–Kier alpha value is -3.83. The fourth-order valence-electron chi connectivity index (χ4n) is 4.60. The van der Waals surface area contributed by atoms with Crippen molar-refractivity contribution in [3.05, 3.63) is 117 Å². The van der Waals surface area contributed by atoms with E-state index >= 15 is 0 Å². The molecule has 0 fully saturated rings. The van der Waals surface area contributed by atoms with Crippen LogP contribution in [0.2, 0.25) is 10.0 Å². The van der Waals surface area contributed by atoms with Crippen LogP contribution in [0.4, 0.5) is 5.69 Å². The third-order valence-electron chi connectivity index (χ3n) is 6.57. The highest BCUT2D eigenvalue weighted by atomic mass is 35.5. The van der Waals surface area contributed by atoms with E-state index in [0.717, 1.165) is 11.3 Å². The lowest BCUT2D eigenvalue weighted by atomic mass is 10.1. The number of carboxylic acid groups (broad SMARTS) is 1. The lowest BCUT2D eigenvalue weighted by molar-refractivity contribution is 0.0698. The van der Waals surface area contributed by atoms with Crippen molar-refractivity contribution in [2.24, 2.45) is 0 Å². The van der Waals surface area contributed by atoms with E-state index < -0.39 is 16.0 Å². The largest absolute Gasteiger partial charge is 0.477 e. The molecule has 0 spiro atoms. The number of hydrogen-bond donors (Lipinski definition) is 1. The number of halogens is 2. The SMILES string of the molecule is CCN(c1ccc(Cl)cc1CN(Cc1ccco1)C(=O)c1ccccc1Cl)S(=O)(=O)c1ccc2cc(C(=O)O)sc2c1. The highest BCUT2D eigenvalue weighted by Gasteiger charge is 2.28. The van der Waals surface area contributed by atoms with Crippen molar-refractivity contribution in [2.45, 2.75) is 24.9 Å². The van der Waals surface area contributed by atoms with Crippen molar-refractivity contribution in [2.75, 3.05) is 10.8 Å². The Labute approximate surface area is 256 Å². The van der Waals surface area contributed by atoms with Crippen LogP contribution in [0.1, 0.15) is 38.3 Å². The number of sulfonamides is 1. The maximum absolute atomic E-state index is 14.0. The zero-order valence-corrected chi connectivity index (χ0v) is 25.3. The fraction of sp³-hybridized carbons (Fsp3) is 0.133. The minimum absolute atomic E-state index is 0.00139. The van der Waals surface area contributed by atoms with Crippen LogP contribution in [0, 0.1) is 0 Å². The van der Waals surface area contributed by atoms with Gasteiger partial charge in [0.1, 0.15) is 10.6 Å². The van der Waals surface area contributed by atoms with Crippen LogP contribution in [0.15, 0.2) is 94.4 Å². The number of carbonyl (C=O) groups excluding carboxylic acids is 1. The molecule has 8 nitrogen and oxygen atoms in total. The first-order valence-corrected chi connectivity index (χ1v) is 15.7. The predicted molar refractivity (Wildman–Crippen MR) is 164 cm³/mol. The Bertz CT molecular complexity index is 1890. The van der Waals surface area contributed by atoms with Crippen molar-refractivity contribution < 1.29 is 27.5 Å². The number of carbonyl (C=O) groups is 2. The van der Waals surface area contributed by atoms with E-state index in [4.69, 9.17) is 27.6 Å². The van der Waals surface area contributed by atoms with Gasteiger partial charge >= 0.3 is 5.97 Å². The van der Waals surface area contributed by atoms with E-state index in [2.05, 4.69) is 0 Å². The number of carboxylic acids is 1. The normalized spacial score (nSPS) is 11.5. The second-order valence-electron chi connectivity index (χ2n) is 9.28. The summed E-state index contributed by atoms with van der Waals surface area (Å²) in [6.07, 6.45) is 1.51. The Morgan fingerprint density at radius 2 is 1.74 bits per heavy atom. The highest BCUT2D eigenvalue weighted by molar-refractivity contribution is 7.92. The Morgan fingerprint density at radius 1 is 0.952 bits per heavy atom. The van der Waals surface area contributed by atoms with Crippen LogP contribution < -0.4 is 4.31 Å². The third kappa shape index (κ3) is 6.03. The van der Waals surface area contributed by atoms with Gasteiger partial charge < -0.3 is 14.4 Å². The van der Waals surface area contributed by atoms with Crippen LogP contribution in [0.3, 0.4) is 0 Å². The minimum atomic E-state index is -4.10. The van der Waals surface area contributed by atoms with Crippen LogP contribution in [0.25, 0.3) is 10.1 Å². The van der Waals surface area contributed by atoms with Gasteiger partial charge in [0.25, 0.3) is 15.9 Å². The number of benzene rings is 3. The standard InChI is InChI=1S/C30H24Cl2N2O6S2/c1-2-34(42(38,39)23-11-9-19-15-28(30(36)37)41-27(19)16-23)26-12-10-21(31)14-20(26)17-33(18-22-6-5-13-40-22)29(35)24-7-3-4-8-25(24)32/h3-16H,2,17-18H2,1H3,(H,36,37). The molecule has 12 heteroatoms. The quantitative estimate of drug-likeness (QED) is 0.168. The summed E-state index contributed by atoms with van der Waals surface area (Å²) in [5.74, 6) is -0.915. The van der Waals surface area contributed by atoms with Crippen LogP contribution in [0.5, 0.6) is 0 Å². The number of rotatable bonds is 10. The minimum Gasteiger partial charge on any atom is -0.477 e. The predicted octanol–water partition coefficient (Wildman–Crippen LogP) is 7.56. The first-order valence-electron chi connectivity index (χ1n) is 12.7. The molecule has 216 valence electrons. The summed E-state index contributed by atoms with van der Waals surface area (Å²) in [7, 11) is -4.10. The van der Waals surface area contributed by atoms with Gasteiger partial charge in [-0.15, -0.1) is 11.3 Å². The lowest BCUT2D eigenvalue weighted by Crippen LogP contribution is -2.34. The first-order chi connectivity index (χ1) is 20.1. The van der Waals surface area contributed by atoms with Gasteiger partial charge in [-0.25, -0.2) is 13.2 Å². The third-order valence-corrected chi connectivity index (χ3v) is 10.1. The highest BCUT2D eigenvalue weighted by Crippen LogP contribution is 2.34. The molecule has 42 heavy (non-hydrogen) atoms. The molecule has 0 saturated carbocycles. The maximum atomic E-state index is 14.0. The van der Waals surface area contributed by atoms with Crippen molar-refractivity contribution in [1.82, 2.24) is 4.90 Å². The number of furan rings is 1. The number of amides is 1. The van der Waals surface area contributed by atoms with E-state index in [1.165, 1.54) is 33.7 Å². The molecule has 1 amide bonds. The van der Waals surface area contributed by atoms with Gasteiger partial charge in [0.05, 0.1) is 34.0 Å². The van der Waals surface area contributed by atoms with Crippen LogP contribution in [-0.4, -0.2) is 36.8 Å². The Morgan fingerprint density at radius 3 is 2.43 bits per heavy atom. The molecule has 0 bridgehead atoms. The average molecular weight is 644 g/mol. The monoisotopic (exact) mass is 642 g/mol. The van der Waals surface area contributed by atoms with Crippen LogP contribution >= 0.6 is 34.5 Å².